The van der Waals surface area contributed by atoms with Gasteiger partial charge in [-0.3, -0.25) is 10.6 Å². The highest BCUT2D eigenvalue weighted by atomic mass is 15.3. The zero-order chi connectivity index (χ0) is 18.8. The maximum atomic E-state index is 4.46. The van der Waals surface area contributed by atoms with Gasteiger partial charge in [-0.05, 0) is 31.2 Å². The molecule has 0 amide bonds. The second-order valence-electron chi connectivity index (χ2n) is 5.67. The van der Waals surface area contributed by atoms with Gasteiger partial charge in [-0.25, -0.2) is 9.97 Å². The lowest BCUT2D eigenvalue weighted by atomic mass is 10.3. The number of imidazole rings is 2. The molecule has 1 aromatic carbocycles. The fourth-order valence-corrected chi connectivity index (χ4v) is 2.59. The molecule has 4 rings (SSSR count). The largest absolute Gasteiger partial charge is 0.324 e. The van der Waals surface area contributed by atoms with Crippen LogP contribution in [-0.2, 0) is 0 Å². The number of fused-ring (bicyclic) bond motifs is 1. The van der Waals surface area contributed by atoms with E-state index < -0.39 is 0 Å². The minimum atomic E-state index is 0.348. The molecule has 0 radical (unpaired) electrons. The Morgan fingerprint density at radius 1 is 0.852 bits per heavy atom. The van der Waals surface area contributed by atoms with Crippen LogP contribution in [0.3, 0.4) is 0 Å². The number of aryl methyl sites for hydroxylation is 1. The Morgan fingerprint density at radius 2 is 1.56 bits per heavy atom. The second kappa shape index (κ2) is 6.71. The van der Waals surface area contributed by atoms with E-state index in [-0.39, 0.29) is 0 Å². The quantitative estimate of drug-likeness (QED) is 0.415. The minimum Gasteiger partial charge on any atom is -0.324 e. The lowest BCUT2D eigenvalue weighted by Gasteiger charge is -2.05. The molecule has 0 aliphatic heterocycles. The van der Waals surface area contributed by atoms with Crippen LogP contribution in [0.2, 0.25) is 0 Å². The Kier molecular flexibility index (Phi) is 4.09. The summed E-state index contributed by atoms with van der Waals surface area (Å²) in [6.07, 6.45) is 3.31. The molecule has 0 fully saturated rings. The summed E-state index contributed by atoms with van der Waals surface area (Å²) in [5, 5.41) is 6.10. The summed E-state index contributed by atoms with van der Waals surface area (Å²) in [7, 11) is 0. The number of aromatic amines is 2. The summed E-state index contributed by atoms with van der Waals surface area (Å²) in [6, 6.07) is 7.75. The van der Waals surface area contributed by atoms with Crippen LogP contribution in [0.1, 0.15) is 17.2 Å². The predicted molar refractivity (Wildman–Crippen MR) is 106 cm³/mol. The van der Waals surface area contributed by atoms with Crippen LogP contribution in [0.4, 0.5) is 23.8 Å². The van der Waals surface area contributed by atoms with Crippen molar-refractivity contribution in [2.45, 2.75) is 6.92 Å². The maximum absolute atomic E-state index is 4.46. The number of benzene rings is 1. The van der Waals surface area contributed by atoms with Crippen molar-refractivity contribution >= 4 is 47.0 Å². The third-order valence-electron chi connectivity index (χ3n) is 3.76. The van der Waals surface area contributed by atoms with Crippen molar-refractivity contribution in [1.29, 1.82) is 0 Å². The Morgan fingerprint density at radius 3 is 2.19 bits per heavy atom. The van der Waals surface area contributed by atoms with Gasteiger partial charge in [-0.1, -0.05) is 25.3 Å². The molecule has 0 saturated carbocycles. The number of aromatic nitrogens is 7. The summed E-state index contributed by atoms with van der Waals surface area (Å²) in [5.74, 6) is 2.30. The van der Waals surface area contributed by atoms with Gasteiger partial charge >= 0.3 is 0 Å². The Labute approximate surface area is 154 Å². The van der Waals surface area contributed by atoms with E-state index in [1.165, 1.54) is 0 Å². The molecule has 27 heavy (non-hydrogen) atoms. The van der Waals surface area contributed by atoms with Gasteiger partial charge < -0.3 is 9.97 Å². The third-order valence-corrected chi connectivity index (χ3v) is 3.76. The predicted octanol–water partition coefficient (Wildman–Crippen LogP) is 3.55. The lowest BCUT2D eigenvalue weighted by molar-refractivity contribution is 0.980. The average molecular weight is 359 g/mol. The fraction of sp³-hybridized carbons (Fsp3) is 0.0556. The fourth-order valence-electron chi connectivity index (χ4n) is 2.59. The van der Waals surface area contributed by atoms with Crippen LogP contribution < -0.4 is 10.6 Å². The van der Waals surface area contributed by atoms with Crippen molar-refractivity contribution in [2.75, 3.05) is 10.6 Å². The highest BCUT2D eigenvalue weighted by Crippen LogP contribution is 2.18. The smallest absolute Gasteiger partial charge is 0.234 e. The molecule has 0 atom stereocenters. The van der Waals surface area contributed by atoms with Crippen LogP contribution in [0, 0.1) is 6.92 Å². The van der Waals surface area contributed by atoms with Gasteiger partial charge in [0.05, 0.1) is 22.4 Å². The molecule has 3 aromatic heterocycles. The van der Waals surface area contributed by atoms with Gasteiger partial charge in [0, 0.05) is 0 Å². The summed E-state index contributed by atoms with van der Waals surface area (Å²) in [4.78, 5) is 28.1. The molecule has 4 N–H and O–H groups in total. The van der Waals surface area contributed by atoms with Crippen LogP contribution in [0.15, 0.2) is 37.4 Å². The van der Waals surface area contributed by atoms with E-state index in [0.717, 1.165) is 16.7 Å². The standard InChI is InChI=1S/C18H17N9/c1-4-11-12(5-2)22-17(21-11)26-15-19-10(3)20-16(25-15)27-18-23-13-8-6-7-9-14(13)24-18/h4-9H,1-2H2,3H3,(H4,19,20,21,22,23,24,25,26,27). The van der Waals surface area contributed by atoms with Gasteiger partial charge in [-0.2, -0.15) is 15.0 Å². The van der Waals surface area contributed by atoms with Crippen molar-refractivity contribution < 1.29 is 0 Å². The monoisotopic (exact) mass is 359 g/mol. The van der Waals surface area contributed by atoms with Crippen molar-refractivity contribution in [2.24, 2.45) is 0 Å². The highest BCUT2D eigenvalue weighted by Gasteiger charge is 2.10. The van der Waals surface area contributed by atoms with E-state index in [2.05, 4.69) is 58.7 Å². The Bertz CT molecular complexity index is 1080. The van der Waals surface area contributed by atoms with Gasteiger partial charge in [0.1, 0.15) is 5.82 Å². The molecule has 9 heteroatoms. The summed E-state index contributed by atoms with van der Waals surface area (Å²) in [6.45, 7) is 9.26. The maximum Gasteiger partial charge on any atom is 0.234 e. The van der Waals surface area contributed by atoms with Gasteiger partial charge in [0.2, 0.25) is 23.8 Å². The zero-order valence-electron chi connectivity index (χ0n) is 14.6. The van der Waals surface area contributed by atoms with Gasteiger partial charge in [-0.15, -0.1) is 0 Å². The summed E-state index contributed by atoms with van der Waals surface area (Å²) in [5.41, 5.74) is 3.24. The molecule has 0 aliphatic carbocycles. The van der Waals surface area contributed by atoms with E-state index in [9.17, 15) is 0 Å². The molecule has 0 bridgehead atoms. The lowest BCUT2D eigenvalue weighted by Crippen LogP contribution is -2.06. The SMILES string of the molecule is C=Cc1nc(Nc2nc(C)nc(Nc3nc4ccccc4[nH]3)n2)[nH]c1C=C. The molecule has 134 valence electrons. The van der Waals surface area contributed by atoms with Crippen LogP contribution in [0.25, 0.3) is 23.2 Å². The molecule has 0 saturated heterocycles. The number of para-hydroxylation sites is 2. The molecule has 0 aliphatic rings. The number of hydrogen-bond donors (Lipinski definition) is 4. The molecule has 4 aromatic rings. The zero-order valence-corrected chi connectivity index (χ0v) is 14.6. The highest BCUT2D eigenvalue weighted by molar-refractivity contribution is 5.77. The molecule has 9 nitrogen and oxygen atoms in total. The number of rotatable bonds is 6. The Balaban J connectivity index is 1.60. The average Bonchev–Trinajstić information content (AvgIpc) is 3.23. The van der Waals surface area contributed by atoms with Gasteiger partial charge in [0.15, 0.2) is 0 Å². The first kappa shape index (κ1) is 16.5. The van der Waals surface area contributed by atoms with E-state index in [0.29, 0.717) is 35.3 Å². The second-order valence-corrected chi connectivity index (χ2v) is 5.67. The number of nitrogens with zero attached hydrogens (tertiary/aromatic N) is 5. The number of hydrogen-bond acceptors (Lipinski definition) is 7. The first-order valence-corrected chi connectivity index (χ1v) is 8.21. The normalized spacial score (nSPS) is 10.7. The van der Waals surface area contributed by atoms with Crippen molar-refractivity contribution in [1.82, 2.24) is 34.9 Å². The van der Waals surface area contributed by atoms with Gasteiger partial charge in [0.25, 0.3) is 0 Å². The topological polar surface area (TPSA) is 120 Å². The van der Waals surface area contributed by atoms with E-state index in [1.807, 2.05) is 24.3 Å². The van der Waals surface area contributed by atoms with Crippen LogP contribution in [-0.4, -0.2) is 34.9 Å². The van der Waals surface area contributed by atoms with E-state index >= 15 is 0 Å². The molecule has 0 spiro atoms. The number of anilines is 4. The number of nitrogens with one attached hydrogen (secondary N) is 4. The summed E-state index contributed by atoms with van der Waals surface area (Å²) < 4.78 is 0. The van der Waals surface area contributed by atoms with Crippen molar-refractivity contribution in [3.05, 3.63) is 54.6 Å². The third kappa shape index (κ3) is 3.38. The molecular formula is C18H17N9. The first-order chi connectivity index (χ1) is 13.1. The number of H-pyrrole nitrogens is 2. The van der Waals surface area contributed by atoms with Crippen molar-refractivity contribution in [3.63, 3.8) is 0 Å². The van der Waals surface area contributed by atoms with E-state index in [1.54, 1.807) is 19.1 Å². The Hall–Kier alpha value is -4.01. The molecular weight excluding hydrogens is 342 g/mol. The van der Waals surface area contributed by atoms with Crippen LogP contribution in [0.5, 0.6) is 0 Å². The first-order valence-electron chi connectivity index (χ1n) is 8.21. The molecule has 0 unspecified atom stereocenters. The minimum absolute atomic E-state index is 0.348. The van der Waals surface area contributed by atoms with Crippen molar-refractivity contribution in [3.8, 4) is 0 Å². The van der Waals surface area contributed by atoms with Crippen LogP contribution >= 0.6 is 0 Å². The summed E-state index contributed by atoms with van der Waals surface area (Å²) >= 11 is 0. The molecule has 3 heterocycles. The van der Waals surface area contributed by atoms with E-state index in [4.69, 9.17) is 0 Å².